The van der Waals surface area contributed by atoms with Crippen LogP contribution in [0.25, 0.3) is 0 Å². The van der Waals surface area contributed by atoms with E-state index in [1.54, 1.807) is 7.11 Å². The van der Waals surface area contributed by atoms with Crippen molar-refractivity contribution in [2.75, 3.05) is 7.11 Å². The van der Waals surface area contributed by atoms with Gasteiger partial charge >= 0.3 is 0 Å². The van der Waals surface area contributed by atoms with Crippen LogP contribution in [0.15, 0.2) is 24.3 Å². The van der Waals surface area contributed by atoms with Gasteiger partial charge in [0.25, 0.3) is 0 Å². The van der Waals surface area contributed by atoms with Crippen molar-refractivity contribution in [1.29, 1.82) is 0 Å². The van der Waals surface area contributed by atoms with Gasteiger partial charge in [0.1, 0.15) is 5.75 Å². The van der Waals surface area contributed by atoms with Gasteiger partial charge in [-0.2, -0.15) is 0 Å². The average molecular weight is 239 g/mol. The Balaban J connectivity index is 2.23. The Hall–Kier alpha value is -1.02. The molecule has 16 heavy (non-hydrogen) atoms. The Bertz CT molecular complexity index is 408. The number of carbonyl (C=O) groups is 1. The summed E-state index contributed by atoms with van der Waals surface area (Å²) in [6.07, 6.45) is 0. The lowest BCUT2D eigenvalue weighted by Gasteiger charge is -2.04. The van der Waals surface area contributed by atoms with E-state index in [-0.39, 0.29) is 22.5 Å². The van der Waals surface area contributed by atoms with Crippen molar-refractivity contribution in [2.24, 2.45) is 11.3 Å². The van der Waals surface area contributed by atoms with E-state index in [0.29, 0.717) is 0 Å². The number of hydrogen-bond donors (Lipinski definition) is 0. The lowest BCUT2D eigenvalue weighted by Crippen LogP contribution is -1.96. The van der Waals surface area contributed by atoms with Crippen LogP contribution in [0.1, 0.15) is 25.3 Å². The fourth-order valence-corrected chi connectivity index (χ4v) is 2.90. The molecule has 1 fully saturated rings. The van der Waals surface area contributed by atoms with Gasteiger partial charge in [-0.3, -0.25) is 4.79 Å². The molecule has 2 unspecified atom stereocenters. The average Bonchev–Trinajstić information content (AvgIpc) is 2.82. The van der Waals surface area contributed by atoms with E-state index in [0.717, 1.165) is 11.3 Å². The van der Waals surface area contributed by atoms with Crippen molar-refractivity contribution < 1.29 is 9.53 Å². The normalized spacial score (nSPS) is 26.2. The molecule has 1 aromatic rings. The van der Waals surface area contributed by atoms with Gasteiger partial charge in [-0.05, 0) is 34.7 Å². The molecule has 86 valence electrons. The van der Waals surface area contributed by atoms with Crippen LogP contribution < -0.4 is 4.74 Å². The summed E-state index contributed by atoms with van der Waals surface area (Å²) >= 11 is 5.60. The van der Waals surface area contributed by atoms with Crippen molar-refractivity contribution in [3.63, 3.8) is 0 Å². The number of carbonyl (C=O) groups excluding carboxylic acids is 1. The van der Waals surface area contributed by atoms with E-state index >= 15 is 0 Å². The van der Waals surface area contributed by atoms with Crippen LogP contribution >= 0.6 is 11.6 Å². The summed E-state index contributed by atoms with van der Waals surface area (Å²) in [7, 11) is 1.64. The highest BCUT2D eigenvalue weighted by Crippen LogP contribution is 2.65. The highest BCUT2D eigenvalue weighted by Gasteiger charge is 2.61. The molecule has 3 heteroatoms. The number of rotatable bonds is 3. The standard InChI is InChI=1S/C13H15ClO2/c1-13(2)10(11(13)12(14)15)8-4-6-9(16-3)7-5-8/h4-7,10-11H,1-3H3. The minimum Gasteiger partial charge on any atom is -0.497 e. The predicted molar refractivity (Wildman–Crippen MR) is 63.9 cm³/mol. The summed E-state index contributed by atoms with van der Waals surface area (Å²) in [5.41, 5.74) is 1.14. The highest BCUT2D eigenvalue weighted by molar-refractivity contribution is 6.64. The Morgan fingerprint density at radius 3 is 2.25 bits per heavy atom. The molecule has 0 aliphatic heterocycles. The topological polar surface area (TPSA) is 26.3 Å². The third-order valence-corrected chi connectivity index (χ3v) is 3.78. The smallest absolute Gasteiger partial charge is 0.225 e. The molecule has 0 saturated heterocycles. The molecule has 0 spiro atoms. The van der Waals surface area contributed by atoms with Gasteiger partial charge in [0.15, 0.2) is 0 Å². The zero-order valence-corrected chi connectivity index (χ0v) is 10.4. The van der Waals surface area contributed by atoms with Crippen LogP contribution in [0.3, 0.4) is 0 Å². The van der Waals surface area contributed by atoms with Gasteiger partial charge in [0.2, 0.25) is 5.24 Å². The number of methoxy groups -OCH3 is 1. The van der Waals surface area contributed by atoms with E-state index < -0.39 is 0 Å². The molecule has 0 radical (unpaired) electrons. The molecule has 0 heterocycles. The number of benzene rings is 1. The van der Waals surface area contributed by atoms with Crippen LogP contribution in [-0.4, -0.2) is 12.4 Å². The summed E-state index contributed by atoms with van der Waals surface area (Å²) in [5.74, 6) is 1.02. The second kappa shape index (κ2) is 3.77. The number of hydrogen-bond acceptors (Lipinski definition) is 2. The molecule has 2 nitrogen and oxygen atoms in total. The first kappa shape index (κ1) is 11.5. The fourth-order valence-electron chi connectivity index (χ4n) is 2.49. The molecule has 1 aliphatic carbocycles. The molecule has 2 rings (SSSR count). The second-order valence-corrected chi connectivity index (χ2v) is 5.23. The van der Waals surface area contributed by atoms with Crippen molar-refractivity contribution in [1.82, 2.24) is 0 Å². The van der Waals surface area contributed by atoms with Crippen LogP contribution in [0.4, 0.5) is 0 Å². The lowest BCUT2D eigenvalue weighted by molar-refractivity contribution is -0.113. The molecule has 1 aromatic carbocycles. The third kappa shape index (κ3) is 1.71. The molecule has 0 N–H and O–H groups in total. The summed E-state index contributed by atoms with van der Waals surface area (Å²) in [6.45, 7) is 4.15. The maximum Gasteiger partial charge on any atom is 0.225 e. The fraction of sp³-hybridized carbons (Fsp3) is 0.462. The first-order valence-electron chi connectivity index (χ1n) is 5.31. The van der Waals surface area contributed by atoms with E-state index in [4.69, 9.17) is 16.3 Å². The Labute approximate surface area is 101 Å². The van der Waals surface area contributed by atoms with Crippen LogP contribution in [0.5, 0.6) is 5.75 Å². The minimum atomic E-state index is -0.231. The van der Waals surface area contributed by atoms with Crippen molar-refractivity contribution in [3.8, 4) is 5.75 Å². The Morgan fingerprint density at radius 2 is 1.88 bits per heavy atom. The summed E-state index contributed by atoms with van der Waals surface area (Å²) in [5, 5.41) is -0.231. The van der Waals surface area contributed by atoms with Gasteiger partial charge < -0.3 is 4.74 Å². The zero-order chi connectivity index (χ0) is 11.9. The van der Waals surface area contributed by atoms with Crippen LogP contribution in [0, 0.1) is 11.3 Å². The molecule has 2 atom stereocenters. The Morgan fingerprint density at radius 1 is 1.31 bits per heavy atom. The van der Waals surface area contributed by atoms with Gasteiger partial charge in [0, 0.05) is 11.8 Å². The van der Waals surface area contributed by atoms with Gasteiger partial charge in [-0.1, -0.05) is 26.0 Å². The second-order valence-electron chi connectivity index (χ2n) is 4.85. The van der Waals surface area contributed by atoms with Crippen molar-refractivity contribution in [2.45, 2.75) is 19.8 Å². The van der Waals surface area contributed by atoms with Crippen molar-refractivity contribution in [3.05, 3.63) is 29.8 Å². The quantitative estimate of drug-likeness (QED) is 0.756. The lowest BCUT2D eigenvalue weighted by atomic mass is 10.0. The van der Waals surface area contributed by atoms with Gasteiger partial charge in [-0.15, -0.1) is 0 Å². The highest BCUT2D eigenvalue weighted by atomic mass is 35.5. The number of ether oxygens (including phenoxy) is 1. The summed E-state index contributed by atoms with van der Waals surface area (Å²) in [4.78, 5) is 11.3. The maximum absolute atomic E-state index is 11.3. The van der Waals surface area contributed by atoms with E-state index in [2.05, 4.69) is 13.8 Å². The number of halogens is 1. The van der Waals surface area contributed by atoms with Gasteiger partial charge in [0.05, 0.1) is 7.11 Å². The molecule has 0 amide bonds. The zero-order valence-electron chi connectivity index (χ0n) is 9.66. The van der Waals surface area contributed by atoms with E-state index in [1.165, 1.54) is 0 Å². The molecule has 1 aliphatic rings. The van der Waals surface area contributed by atoms with Crippen LogP contribution in [0.2, 0.25) is 0 Å². The molecule has 1 saturated carbocycles. The Kier molecular flexibility index (Phi) is 2.70. The molecule has 0 aromatic heterocycles. The third-order valence-electron chi connectivity index (χ3n) is 3.55. The first-order valence-corrected chi connectivity index (χ1v) is 5.69. The van der Waals surface area contributed by atoms with Gasteiger partial charge in [-0.25, -0.2) is 0 Å². The van der Waals surface area contributed by atoms with Crippen LogP contribution in [-0.2, 0) is 4.79 Å². The molecular weight excluding hydrogens is 224 g/mol. The van der Waals surface area contributed by atoms with Crippen molar-refractivity contribution >= 4 is 16.8 Å². The molecular formula is C13H15ClO2. The monoisotopic (exact) mass is 238 g/mol. The SMILES string of the molecule is COc1ccc(C2C(C(=O)Cl)C2(C)C)cc1. The largest absolute Gasteiger partial charge is 0.497 e. The summed E-state index contributed by atoms with van der Waals surface area (Å²) in [6, 6.07) is 7.84. The van der Waals surface area contributed by atoms with E-state index in [1.807, 2.05) is 24.3 Å². The summed E-state index contributed by atoms with van der Waals surface area (Å²) < 4.78 is 5.10. The molecule has 0 bridgehead atoms. The minimum absolute atomic E-state index is 0.0204. The maximum atomic E-state index is 11.3. The van der Waals surface area contributed by atoms with E-state index in [9.17, 15) is 4.79 Å². The first-order chi connectivity index (χ1) is 7.48. The predicted octanol–water partition coefficient (Wildman–Crippen LogP) is 3.20.